The van der Waals surface area contributed by atoms with Crippen molar-refractivity contribution in [3.8, 4) is 0 Å². The molecule has 0 saturated heterocycles. The summed E-state index contributed by atoms with van der Waals surface area (Å²) in [6, 6.07) is 8.92. The van der Waals surface area contributed by atoms with Crippen molar-refractivity contribution in [1.29, 1.82) is 0 Å². The molecule has 102 valence electrons. The lowest BCUT2D eigenvalue weighted by atomic mass is 9.98. The number of halogens is 3. The van der Waals surface area contributed by atoms with Crippen molar-refractivity contribution in [1.82, 2.24) is 0 Å². The molecule has 0 radical (unpaired) electrons. The van der Waals surface area contributed by atoms with Crippen LogP contribution < -0.4 is 11.5 Å². The van der Waals surface area contributed by atoms with Gasteiger partial charge in [-0.2, -0.15) is 13.2 Å². The zero-order chi connectivity index (χ0) is 13.6. The van der Waals surface area contributed by atoms with E-state index in [4.69, 9.17) is 11.5 Å². The number of hydrogen-bond donors (Lipinski definition) is 2. The van der Waals surface area contributed by atoms with E-state index in [0.29, 0.717) is 12.8 Å². The number of alkyl halides is 3. The first-order chi connectivity index (χ1) is 8.37. The lowest BCUT2D eigenvalue weighted by Gasteiger charge is -2.18. The minimum Gasteiger partial charge on any atom is -0.328 e. The van der Waals surface area contributed by atoms with Gasteiger partial charge in [-0.1, -0.05) is 30.3 Å². The molecule has 1 aromatic carbocycles. The summed E-state index contributed by atoms with van der Waals surface area (Å²) in [7, 11) is 0. The minimum atomic E-state index is -4.14. The highest BCUT2D eigenvalue weighted by atomic mass is 19.4. The van der Waals surface area contributed by atoms with Gasteiger partial charge < -0.3 is 11.5 Å². The maximum Gasteiger partial charge on any atom is 0.389 e. The van der Waals surface area contributed by atoms with Gasteiger partial charge in [0.1, 0.15) is 0 Å². The highest BCUT2D eigenvalue weighted by molar-refractivity contribution is 5.15. The van der Waals surface area contributed by atoms with E-state index in [2.05, 4.69) is 0 Å². The molecule has 1 rings (SSSR count). The van der Waals surface area contributed by atoms with Crippen molar-refractivity contribution < 1.29 is 13.2 Å². The lowest BCUT2D eigenvalue weighted by Crippen LogP contribution is -2.33. The van der Waals surface area contributed by atoms with Crippen molar-refractivity contribution in [3.05, 3.63) is 35.9 Å². The molecule has 1 aromatic rings. The van der Waals surface area contributed by atoms with Crippen LogP contribution in [0.25, 0.3) is 0 Å². The highest BCUT2D eigenvalue weighted by Gasteiger charge is 2.27. The van der Waals surface area contributed by atoms with Crippen molar-refractivity contribution >= 4 is 0 Å². The van der Waals surface area contributed by atoms with E-state index in [1.165, 1.54) is 0 Å². The quantitative estimate of drug-likeness (QED) is 0.826. The van der Waals surface area contributed by atoms with E-state index in [0.717, 1.165) is 5.56 Å². The standard InChI is InChI=1S/C13H19F3N2/c14-13(15,16)7-6-11(17)9-12(18)8-10-4-2-1-3-5-10/h1-5,11-12H,6-9,17-18H2/t11?,12-/m0/s1. The van der Waals surface area contributed by atoms with Gasteiger partial charge in [0.15, 0.2) is 0 Å². The Morgan fingerprint density at radius 3 is 2.17 bits per heavy atom. The summed E-state index contributed by atoms with van der Waals surface area (Å²) < 4.78 is 36.0. The fraction of sp³-hybridized carbons (Fsp3) is 0.538. The average Bonchev–Trinajstić information content (AvgIpc) is 2.26. The summed E-state index contributed by atoms with van der Waals surface area (Å²) in [6.07, 6.45) is -4.00. The number of nitrogens with two attached hydrogens (primary N) is 2. The van der Waals surface area contributed by atoms with Crippen LogP contribution in [0.15, 0.2) is 30.3 Å². The van der Waals surface area contributed by atoms with Crippen LogP contribution in [-0.2, 0) is 6.42 Å². The molecule has 0 aliphatic carbocycles. The number of benzene rings is 1. The molecule has 1 unspecified atom stereocenters. The van der Waals surface area contributed by atoms with Crippen molar-refractivity contribution in [2.24, 2.45) is 11.5 Å². The largest absolute Gasteiger partial charge is 0.389 e. The molecule has 4 N–H and O–H groups in total. The van der Waals surface area contributed by atoms with Crippen LogP contribution >= 0.6 is 0 Å². The van der Waals surface area contributed by atoms with Gasteiger partial charge in [0.2, 0.25) is 0 Å². The molecule has 0 fully saturated rings. The molecule has 18 heavy (non-hydrogen) atoms. The van der Waals surface area contributed by atoms with Crippen LogP contribution in [0, 0.1) is 0 Å². The zero-order valence-corrected chi connectivity index (χ0v) is 10.2. The third-order valence-corrected chi connectivity index (χ3v) is 2.74. The number of rotatable bonds is 6. The topological polar surface area (TPSA) is 52.0 Å². The second-order valence-electron chi connectivity index (χ2n) is 4.60. The molecular weight excluding hydrogens is 241 g/mol. The summed E-state index contributed by atoms with van der Waals surface area (Å²) in [5.74, 6) is 0. The van der Waals surface area contributed by atoms with Crippen LogP contribution in [0.2, 0.25) is 0 Å². The van der Waals surface area contributed by atoms with Gasteiger partial charge >= 0.3 is 6.18 Å². The van der Waals surface area contributed by atoms with Crippen molar-refractivity contribution in [2.75, 3.05) is 0 Å². The summed E-state index contributed by atoms with van der Waals surface area (Å²) in [5.41, 5.74) is 12.6. The predicted octanol–water partition coefficient (Wildman–Crippen LogP) is 2.62. The molecule has 0 aliphatic rings. The van der Waals surface area contributed by atoms with E-state index < -0.39 is 18.6 Å². The first-order valence-corrected chi connectivity index (χ1v) is 5.98. The monoisotopic (exact) mass is 260 g/mol. The second-order valence-corrected chi connectivity index (χ2v) is 4.60. The SMILES string of the molecule is NC(CCC(F)(F)F)C[C@@H](N)Cc1ccccc1. The Hall–Kier alpha value is -1.07. The van der Waals surface area contributed by atoms with Gasteiger partial charge in [0.05, 0.1) is 0 Å². The first kappa shape index (κ1) is 15.0. The van der Waals surface area contributed by atoms with Gasteiger partial charge in [0, 0.05) is 18.5 Å². The van der Waals surface area contributed by atoms with Crippen LogP contribution in [0.5, 0.6) is 0 Å². The Labute approximate surface area is 105 Å². The van der Waals surface area contributed by atoms with Gasteiger partial charge in [-0.15, -0.1) is 0 Å². The second kappa shape index (κ2) is 6.75. The Morgan fingerprint density at radius 1 is 1.00 bits per heavy atom. The van der Waals surface area contributed by atoms with E-state index in [1.54, 1.807) is 0 Å². The summed E-state index contributed by atoms with van der Waals surface area (Å²) in [6.45, 7) is 0. The third-order valence-electron chi connectivity index (χ3n) is 2.74. The van der Waals surface area contributed by atoms with Gasteiger partial charge in [-0.3, -0.25) is 0 Å². The molecular formula is C13H19F3N2. The Balaban J connectivity index is 2.29. The van der Waals surface area contributed by atoms with Crippen LogP contribution in [0.1, 0.15) is 24.8 Å². The molecule has 0 aliphatic heterocycles. The molecule has 0 aromatic heterocycles. The van der Waals surface area contributed by atoms with Crippen molar-refractivity contribution in [3.63, 3.8) is 0 Å². The smallest absolute Gasteiger partial charge is 0.328 e. The molecule has 5 heteroatoms. The molecule has 2 atom stereocenters. The summed E-state index contributed by atoms with van der Waals surface area (Å²) in [5, 5.41) is 0. The van der Waals surface area contributed by atoms with Gasteiger partial charge in [0.25, 0.3) is 0 Å². The van der Waals surface area contributed by atoms with Crippen molar-refractivity contribution in [2.45, 2.75) is 43.9 Å². The Morgan fingerprint density at radius 2 is 1.61 bits per heavy atom. The molecule has 0 amide bonds. The Bertz CT molecular complexity index is 338. The maximum atomic E-state index is 12.0. The van der Waals surface area contributed by atoms with E-state index in [-0.39, 0.29) is 12.5 Å². The van der Waals surface area contributed by atoms with Crippen LogP contribution in [0.3, 0.4) is 0 Å². The molecule has 0 heterocycles. The average molecular weight is 260 g/mol. The highest BCUT2D eigenvalue weighted by Crippen LogP contribution is 2.22. The molecule has 2 nitrogen and oxygen atoms in total. The molecule has 0 saturated carbocycles. The van der Waals surface area contributed by atoms with E-state index in [1.807, 2.05) is 30.3 Å². The van der Waals surface area contributed by atoms with E-state index in [9.17, 15) is 13.2 Å². The third kappa shape index (κ3) is 6.61. The fourth-order valence-corrected chi connectivity index (χ4v) is 1.86. The minimum absolute atomic E-state index is 0.0635. The predicted molar refractivity (Wildman–Crippen MR) is 66.0 cm³/mol. The van der Waals surface area contributed by atoms with Crippen LogP contribution in [0.4, 0.5) is 13.2 Å². The van der Waals surface area contributed by atoms with Gasteiger partial charge in [-0.05, 0) is 24.8 Å². The maximum absolute atomic E-state index is 12.0. The lowest BCUT2D eigenvalue weighted by molar-refractivity contribution is -0.136. The molecule has 0 spiro atoms. The number of hydrogen-bond acceptors (Lipinski definition) is 2. The summed E-state index contributed by atoms with van der Waals surface area (Å²) in [4.78, 5) is 0. The fourth-order valence-electron chi connectivity index (χ4n) is 1.86. The normalized spacial score (nSPS) is 15.4. The van der Waals surface area contributed by atoms with E-state index >= 15 is 0 Å². The zero-order valence-electron chi connectivity index (χ0n) is 10.2. The first-order valence-electron chi connectivity index (χ1n) is 5.98. The van der Waals surface area contributed by atoms with Gasteiger partial charge in [-0.25, -0.2) is 0 Å². The Kier molecular flexibility index (Phi) is 5.62. The van der Waals surface area contributed by atoms with Crippen LogP contribution in [-0.4, -0.2) is 18.3 Å². The summed E-state index contributed by atoms with van der Waals surface area (Å²) >= 11 is 0. The molecule has 0 bridgehead atoms.